The van der Waals surface area contributed by atoms with Gasteiger partial charge in [-0.05, 0) is 58.9 Å². The molecule has 0 aliphatic carbocycles. The summed E-state index contributed by atoms with van der Waals surface area (Å²) >= 11 is 0. The molecule has 0 atom stereocenters. The lowest BCUT2D eigenvalue weighted by Gasteiger charge is -2.10. The summed E-state index contributed by atoms with van der Waals surface area (Å²) in [6, 6.07) is 6.68. The molecule has 0 fully saturated rings. The normalized spacial score (nSPS) is 10.1. The molecule has 0 radical (unpaired) electrons. The Morgan fingerprint density at radius 3 is 1.11 bits per heavy atom. The zero-order valence-electron chi connectivity index (χ0n) is 28.5. The summed E-state index contributed by atoms with van der Waals surface area (Å²) in [6.07, 6.45) is 0.915. The van der Waals surface area contributed by atoms with Crippen molar-refractivity contribution in [2.45, 2.75) is 38.8 Å². The molecule has 0 spiro atoms. The van der Waals surface area contributed by atoms with Crippen molar-refractivity contribution in [3.05, 3.63) is 99.9 Å². The van der Waals surface area contributed by atoms with Crippen LogP contribution in [0.5, 0.6) is 0 Å². The van der Waals surface area contributed by atoms with E-state index in [1.54, 1.807) is 24.3 Å². The molecule has 2 aromatic heterocycles. The molecule has 0 saturated carbocycles. The van der Waals surface area contributed by atoms with Crippen LogP contribution in [0.3, 0.4) is 0 Å². The predicted molar refractivity (Wildman–Crippen MR) is 180 cm³/mol. The Balaban J connectivity index is 1.80. The van der Waals surface area contributed by atoms with E-state index in [-0.39, 0.29) is 103 Å². The van der Waals surface area contributed by atoms with Crippen molar-refractivity contribution in [1.82, 2.24) is 30.0 Å². The first-order valence-corrected chi connectivity index (χ1v) is 16.0. The number of carbonyl (C=O) groups excluding carboxylic acids is 4. The van der Waals surface area contributed by atoms with Crippen molar-refractivity contribution in [2.24, 2.45) is 20.5 Å². The molecule has 282 valence electrons. The van der Waals surface area contributed by atoms with Gasteiger partial charge >= 0.3 is 23.9 Å². The molecule has 0 unspecified atom stereocenters. The van der Waals surface area contributed by atoms with Crippen molar-refractivity contribution in [1.29, 1.82) is 0 Å². The van der Waals surface area contributed by atoms with Gasteiger partial charge in [-0.15, -0.1) is 10.2 Å². The molecule has 0 N–H and O–H groups in total. The van der Waals surface area contributed by atoms with Crippen LogP contribution in [0.1, 0.15) is 78.8 Å². The van der Waals surface area contributed by atoms with Crippen LogP contribution in [0.4, 0.5) is 0 Å². The van der Waals surface area contributed by atoms with Gasteiger partial charge in [0, 0.05) is 45.8 Å². The molecule has 2 heterocycles. The number of hydrogen-bond donors (Lipinski definition) is 0. The standard InChI is InChI=1S/C28H32N18O8/c29-39-33-9-1-13-51-25(47)21-23(27(49)53-15-3-11-35-41-31)45(43-37-21)17-19-5-7-20(8-6-19)18-46-24(28(50)54-16-4-12-36-42-32)22(38-44-46)26(48)52-14-2-10-34-40-30/h5-8H,1-4,9-18H2. The maximum Gasteiger partial charge on any atom is 0.361 e. The Bertz CT molecular complexity index is 1810. The minimum Gasteiger partial charge on any atom is -0.461 e. The lowest BCUT2D eigenvalue weighted by atomic mass is 10.1. The molecule has 0 bridgehead atoms. The van der Waals surface area contributed by atoms with E-state index in [1.165, 1.54) is 0 Å². The number of rotatable bonds is 24. The van der Waals surface area contributed by atoms with E-state index in [0.717, 1.165) is 9.36 Å². The van der Waals surface area contributed by atoms with Crippen molar-refractivity contribution >= 4 is 23.9 Å². The molecule has 0 aliphatic rings. The highest BCUT2D eigenvalue weighted by molar-refractivity contribution is 6.01. The van der Waals surface area contributed by atoms with Crippen LogP contribution in [0.15, 0.2) is 44.7 Å². The summed E-state index contributed by atoms with van der Waals surface area (Å²) in [5.41, 5.74) is 33.5. The van der Waals surface area contributed by atoms with E-state index < -0.39 is 35.3 Å². The highest BCUT2D eigenvalue weighted by Crippen LogP contribution is 2.16. The first-order chi connectivity index (χ1) is 26.3. The average Bonchev–Trinajstić information content (AvgIpc) is 3.79. The number of ether oxygens (including phenoxy) is 4. The number of aromatic nitrogens is 6. The minimum absolute atomic E-state index is 0.0486. The molecule has 1 aromatic carbocycles. The van der Waals surface area contributed by atoms with Gasteiger partial charge in [-0.25, -0.2) is 28.5 Å². The maximum absolute atomic E-state index is 13.1. The third kappa shape index (κ3) is 13.1. The number of azide groups is 4. The molecule has 0 amide bonds. The van der Waals surface area contributed by atoms with Crippen molar-refractivity contribution in [3.8, 4) is 0 Å². The molecular weight excluding hydrogens is 716 g/mol. The van der Waals surface area contributed by atoms with Gasteiger partial charge in [0.2, 0.25) is 11.4 Å². The summed E-state index contributed by atoms with van der Waals surface area (Å²) in [5.74, 6) is -3.75. The quantitative estimate of drug-likeness (QED) is 0.0307. The number of nitrogens with zero attached hydrogens (tertiary/aromatic N) is 18. The molecule has 26 heteroatoms. The number of carbonyl (C=O) groups is 4. The molecule has 3 aromatic rings. The maximum atomic E-state index is 13.1. The minimum atomic E-state index is -0.951. The zero-order chi connectivity index (χ0) is 39.0. The van der Waals surface area contributed by atoms with E-state index in [9.17, 15) is 19.2 Å². The third-order valence-corrected chi connectivity index (χ3v) is 6.73. The monoisotopic (exact) mass is 748 g/mol. The van der Waals surface area contributed by atoms with Crippen LogP contribution in [0, 0.1) is 0 Å². The largest absolute Gasteiger partial charge is 0.461 e. The van der Waals surface area contributed by atoms with Crippen molar-refractivity contribution in [3.63, 3.8) is 0 Å². The van der Waals surface area contributed by atoms with Gasteiger partial charge in [0.05, 0.1) is 39.5 Å². The molecule has 0 saturated heterocycles. The van der Waals surface area contributed by atoms with Gasteiger partial charge in [-0.3, -0.25) is 0 Å². The highest BCUT2D eigenvalue weighted by atomic mass is 16.5. The van der Waals surface area contributed by atoms with Gasteiger partial charge < -0.3 is 18.9 Å². The average molecular weight is 749 g/mol. The van der Waals surface area contributed by atoms with Crippen LogP contribution in [-0.2, 0) is 32.0 Å². The van der Waals surface area contributed by atoms with E-state index in [4.69, 9.17) is 41.1 Å². The molecule has 0 aliphatic heterocycles. The number of hydrogen-bond acceptors (Lipinski definition) is 16. The number of esters is 4. The summed E-state index contributed by atoms with van der Waals surface area (Å²) in [7, 11) is 0. The highest BCUT2D eigenvalue weighted by Gasteiger charge is 2.29. The van der Waals surface area contributed by atoms with Gasteiger partial charge in [0.15, 0.2) is 11.4 Å². The van der Waals surface area contributed by atoms with Crippen molar-refractivity contribution in [2.75, 3.05) is 52.6 Å². The molecule has 3 rings (SSSR count). The van der Waals surface area contributed by atoms with E-state index >= 15 is 0 Å². The van der Waals surface area contributed by atoms with Crippen molar-refractivity contribution < 1.29 is 38.1 Å². The molecule has 54 heavy (non-hydrogen) atoms. The smallest absolute Gasteiger partial charge is 0.361 e. The zero-order valence-corrected chi connectivity index (χ0v) is 28.5. The second-order valence-corrected chi connectivity index (χ2v) is 10.5. The Labute approximate surface area is 303 Å². The Morgan fingerprint density at radius 1 is 0.519 bits per heavy atom. The fourth-order valence-electron chi connectivity index (χ4n) is 4.28. The third-order valence-electron chi connectivity index (χ3n) is 6.73. The first-order valence-electron chi connectivity index (χ1n) is 16.0. The lowest BCUT2D eigenvalue weighted by molar-refractivity contribution is 0.0443. The summed E-state index contributed by atoms with van der Waals surface area (Å²) < 4.78 is 23.2. The van der Waals surface area contributed by atoms with Gasteiger partial charge in [0.1, 0.15) is 0 Å². The van der Waals surface area contributed by atoms with Crippen LogP contribution < -0.4 is 0 Å². The predicted octanol–water partition coefficient (Wildman–Crippen LogP) is 4.40. The first kappa shape index (κ1) is 41.0. The Kier molecular flexibility index (Phi) is 17.6. The number of benzene rings is 1. The second-order valence-electron chi connectivity index (χ2n) is 10.5. The van der Waals surface area contributed by atoms with E-state index in [2.05, 4.69) is 60.7 Å². The fourth-order valence-corrected chi connectivity index (χ4v) is 4.28. The van der Waals surface area contributed by atoms with Gasteiger partial charge in [-0.2, -0.15) is 0 Å². The summed E-state index contributed by atoms with van der Waals surface area (Å²) in [6.45, 7) is -0.238. The summed E-state index contributed by atoms with van der Waals surface area (Å²) in [4.78, 5) is 62.3. The fraction of sp³-hybridized carbons (Fsp3) is 0.500. The van der Waals surface area contributed by atoms with Crippen LogP contribution in [-0.4, -0.2) is 106 Å². The second kappa shape index (κ2) is 23.2. The summed E-state index contributed by atoms with van der Waals surface area (Å²) in [5, 5.41) is 29.1. The molecular formula is C28H32N18O8. The van der Waals surface area contributed by atoms with Gasteiger partial charge in [-0.1, -0.05) is 55.1 Å². The topological polar surface area (TPSA) is 362 Å². The van der Waals surface area contributed by atoms with Crippen LogP contribution in [0.25, 0.3) is 41.8 Å². The Morgan fingerprint density at radius 2 is 0.815 bits per heavy atom. The van der Waals surface area contributed by atoms with Crippen LogP contribution >= 0.6 is 0 Å². The Hall–Kier alpha value is -7.38. The van der Waals surface area contributed by atoms with E-state index in [1.807, 2.05) is 0 Å². The van der Waals surface area contributed by atoms with Gasteiger partial charge in [0.25, 0.3) is 0 Å². The lowest BCUT2D eigenvalue weighted by Crippen LogP contribution is -2.20. The van der Waals surface area contributed by atoms with Crippen LogP contribution in [0.2, 0.25) is 0 Å². The molecule has 26 nitrogen and oxygen atoms in total. The van der Waals surface area contributed by atoms with E-state index in [0.29, 0.717) is 11.1 Å². The SMILES string of the molecule is [N-]=[N+]=NCCCOC(=O)c1nnn(Cc2ccc(Cn3nnc(C(=O)OCCCN=[N+]=[N-])c3C(=O)OCCCN=[N+]=[N-])cc2)c1C(=O)OCCCN=[N+]=[N-].